The first kappa shape index (κ1) is 14.6. The summed E-state index contributed by atoms with van der Waals surface area (Å²) in [4.78, 5) is 0. The Morgan fingerprint density at radius 3 is 2.35 bits per heavy atom. The molecule has 0 bridgehead atoms. The fourth-order valence-corrected chi connectivity index (χ4v) is 1.50. The topological polar surface area (TPSA) is 18.5 Å². The van der Waals surface area contributed by atoms with Crippen molar-refractivity contribution in [3.05, 3.63) is 0 Å². The summed E-state index contributed by atoms with van der Waals surface area (Å²) in [7, 11) is 0. The predicted octanol–water partition coefficient (Wildman–Crippen LogP) is 3.16. The van der Waals surface area contributed by atoms with Gasteiger partial charge < -0.3 is 9.47 Å². The second-order valence-electron chi connectivity index (χ2n) is 4.02. The third-order valence-electron chi connectivity index (χ3n) is 2.55. The van der Waals surface area contributed by atoms with Crippen molar-refractivity contribution in [2.75, 3.05) is 19.8 Å². The maximum atomic E-state index is 12.5. The number of alkyl halides is 5. The molecule has 0 aromatic rings. The Bertz CT molecular complexity index is 223. The van der Waals surface area contributed by atoms with E-state index in [0.717, 1.165) is 19.3 Å². The SMILES string of the molecule is FC(F)(F)C(F)(F)CCOCC1CCCCO1. The van der Waals surface area contributed by atoms with Crippen molar-refractivity contribution in [1.29, 1.82) is 0 Å². The van der Waals surface area contributed by atoms with Gasteiger partial charge in [-0.15, -0.1) is 0 Å². The summed E-state index contributed by atoms with van der Waals surface area (Å²) in [5.74, 6) is -4.68. The van der Waals surface area contributed by atoms with Gasteiger partial charge in [0.1, 0.15) is 0 Å². The summed E-state index contributed by atoms with van der Waals surface area (Å²) in [5.41, 5.74) is 0. The second kappa shape index (κ2) is 5.95. The van der Waals surface area contributed by atoms with Gasteiger partial charge in [0.15, 0.2) is 0 Å². The highest BCUT2D eigenvalue weighted by molar-refractivity contribution is 4.75. The van der Waals surface area contributed by atoms with Gasteiger partial charge in [0.25, 0.3) is 0 Å². The molecule has 1 rings (SSSR count). The molecule has 1 unspecified atom stereocenters. The fourth-order valence-electron chi connectivity index (χ4n) is 1.50. The molecule has 0 N–H and O–H groups in total. The highest BCUT2D eigenvalue weighted by atomic mass is 19.4. The Balaban J connectivity index is 2.15. The largest absolute Gasteiger partial charge is 0.453 e. The minimum Gasteiger partial charge on any atom is -0.379 e. The zero-order valence-corrected chi connectivity index (χ0v) is 9.23. The van der Waals surface area contributed by atoms with Crippen molar-refractivity contribution in [3.63, 3.8) is 0 Å². The lowest BCUT2D eigenvalue weighted by atomic mass is 10.1. The Kier molecular flexibility index (Phi) is 5.12. The van der Waals surface area contributed by atoms with Crippen LogP contribution in [-0.4, -0.2) is 38.0 Å². The summed E-state index contributed by atoms with van der Waals surface area (Å²) < 4.78 is 70.3. The Morgan fingerprint density at radius 2 is 1.82 bits per heavy atom. The lowest BCUT2D eigenvalue weighted by Crippen LogP contribution is -2.37. The summed E-state index contributed by atoms with van der Waals surface area (Å²) in [6.07, 6.45) is -4.35. The lowest BCUT2D eigenvalue weighted by Gasteiger charge is -2.23. The van der Waals surface area contributed by atoms with Gasteiger partial charge in [-0.05, 0) is 19.3 Å². The van der Waals surface area contributed by atoms with Crippen molar-refractivity contribution in [2.45, 2.75) is 43.9 Å². The van der Waals surface area contributed by atoms with Gasteiger partial charge in [-0.3, -0.25) is 0 Å². The van der Waals surface area contributed by atoms with Crippen LogP contribution in [0.5, 0.6) is 0 Å². The van der Waals surface area contributed by atoms with E-state index in [4.69, 9.17) is 9.47 Å². The van der Waals surface area contributed by atoms with Crippen molar-refractivity contribution >= 4 is 0 Å². The van der Waals surface area contributed by atoms with Crippen LogP contribution < -0.4 is 0 Å². The van der Waals surface area contributed by atoms with E-state index in [9.17, 15) is 22.0 Å². The number of rotatable bonds is 5. The molecule has 0 aliphatic carbocycles. The molecule has 0 aromatic carbocycles. The molecule has 1 fully saturated rings. The van der Waals surface area contributed by atoms with Gasteiger partial charge in [-0.25, -0.2) is 0 Å². The van der Waals surface area contributed by atoms with E-state index in [2.05, 4.69) is 0 Å². The summed E-state index contributed by atoms with van der Waals surface area (Å²) in [5, 5.41) is 0. The van der Waals surface area contributed by atoms with E-state index >= 15 is 0 Å². The van der Waals surface area contributed by atoms with Crippen LogP contribution in [-0.2, 0) is 9.47 Å². The van der Waals surface area contributed by atoms with Crippen molar-refractivity contribution < 1.29 is 31.4 Å². The molecule has 1 atom stereocenters. The molecule has 0 spiro atoms. The zero-order valence-electron chi connectivity index (χ0n) is 9.23. The standard InChI is InChI=1S/C10H15F5O2/c11-9(12,10(13,14)15)4-6-16-7-8-3-1-2-5-17-8/h8H,1-7H2. The normalized spacial score (nSPS) is 22.8. The molecule has 102 valence electrons. The Labute approximate surface area is 96.1 Å². The molecule has 0 amide bonds. The first-order valence-corrected chi connectivity index (χ1v) is 5.47. The van der Waals surface area contributed by atoms with E-state index < -0.39 is 25.1 Å². The monoisotopic (exact) mass is 262 g/mol. The average molecular weight is 262 g/mol. The third kappa shape index (κ3) is 4.75. The quantitative estimate of drug-likeness (QED) is 0.559. The first-order chi connectivity index (χ1) is 7.83. The van der Waals surface area contributed by atoms with Gasteiger partial charge >= 0.3 is 12.1 Å². The van der Waals surface area contributed by atoms with E-state index in [0.29, 0.717) is 6.61 Å². The molecular weight excluding hydrogens is 247 g/mol. The maximum Gasteiger partial charge on any atom is 0.453 e. The average Bonchev–Trinajstić information content (AvgIpc) is 2.24. The zero-order chi connectivity index (χ0) is 12.9. The molecular formula is C10H15F5O2. The number of ether oxygens (including phenoxy) is 2. The highest BCUT2D eigenvalue weighted by Gasteiger charge is 2.56. The van der Waals surface area contributed by atoms with Crippen LogP contribution in [0.4, 0.5) is 22.0 Å². The maximum absolute atomic E-state index is 12.5. The lowest BCUT2D eigenvalue weighted by molar-refractivity contribution is -0.287. The van der Waals surface area contributed by atoms with E-state index in [1.54, 1.807) is 0 Å². The summed E-state index contributed by atoms with van der Waals surface area (Å²) in [6, 6.07) is 0. The smallest absolute Gasteiger partial charge is 0.379 e. The van der Waals surface area contributed by atoms with E-state index in [-0.39, 0.29) is 12.7 Å². The number of halogens is 5. The van der Waals surface area contributed by atoms with Crippen molar-refractivity contribution in [2.24, 2.45) is 0 Å². The van der Waals surface area contributed by atoms with Gasteiger partial charge in [0.05, 0.1) is 19.3 Å². The van der Waals surface area contributed by atoms with Crippen LogP contribution in [0.3, 0.4) is 0 Å². The molecule has 7 heteroatoms. The van der Waals surface area contributed by atoms with E-state index in [1.165, 1.54) is 0 Å². The van der Waals surface area contributed by atoms with Gasteiger partial charge in [-0.1, -0.05) is 0 Å². The van der Waals surface area contributed by atoms with Gasteiger partial charge in [-0.2, -0.15) is 22.0 Å². The highest BCUT2D eigenvalue weighted by Crippen LogP contribution is 2.37. The second-order valence-corrected chi connectivity index (χ2v) is 4.02. The van der Waals surface area contributed by atoms with Gasteiger partial charge in [0, 0.05) is 13.0 Å². The van der Waals surface area contributed by atoms with Crippen LogP contribution in [0.25, 0.3) is 0 Å². The van der Waals surface area contributed by atoms with Gasteiger partial charge in [0.2, 0.25) is 0 Å². The van der Waals surface area contributed by atoms with Crippen molar-refractivity contribution in [3.8, 4) is 0 Å². The van der Waals surface area contributed by atoms with Crippen LogP contribution >= 0.6 is 0 Å². The predicted molar refractivity (Wildman–Crippen MR) is 50.0 cm³/mol. The first-order valence-electron chi connectivity index (χ1n) is 5.47. The fraction of sp³-hybridized carbons (Fsp3) is 1.00. The molecule has 2 nitrogen and oxygen atoms in total. The van der Waals surface area contributed by atoms with Crippen LogP contribution in [0.2, 0.25) is 0 Å². The number of hydrogen-bond donors (Lipinski definition) is 0. The minimum atomic E-state index is -5.50. The van der Waals surface area contributed by atoms with Crippen LogP contribution in [0, 0.1) is 0 Å². The molecule has 1 aliphatic heterocycles. The summed E-state index contributed by atoms with van der Waals surface area (Å²) >= 11 is 0. The molecule has 1 heterocycles. The molecule has 0 saturated carbocycles. The van der Waals surface area contributed by atoms with Crippen LogP contribution in [0.1, 0.15) is 25.7 Å². The molecule has 1 aliphatic rings. The molecule has 0 radical (unpaired) electrons. The minimum absolute atomic E-state index is 0.0773. The van der Waals surface area contributed by atoms with E-state index in [1.807, 2.05) is 0 Å². The van der Waals surface area contributed by atoms with Crippen LogP contribution in [0.15, 0.2) is 0 Å². The number of hydrogen-bond acceptors (Lipinski definition) is 2. The Hall–Kier alpha value is -0.430. The molecule has 17 heavy (non-hydrogen) atoms. The molecule has 0 aromatic heterocycles. The van der Waals surface area contributed by atoms with Crippen molar-refractivity contribution in [1.82, 2.24) is 0 Å². The molecule has 1 saturated heterocycles. The Morgan fingerprint density at radius 1 is 1.12 bits per heavy atom. The third-order valence-corrected chi connectivity index (χ3v) is 2.55. The summed E-state index contributed by atoms with van der Waals surface area (Å²) in [6.45, 7) is 0.0487.